The molecule has 1 N–H and O–H groups in total. The summed E-state index contributed by atoms with van der Waals surface area (Å²) in [5, 5.41) is 3.18. The van der Waals surface area contributed by atoms with Gasteiger partial charge in [-0.3, -0.25) is 4.79 Å². The van der Waals surface area contributed by atoms with E-state index >= 15 is 0 Å². The molecule has 0 bridgehead atoms. The standard InChI is InChI=1S/C30H36N2O3S/c1-23(21-29(25-9-5-3-6-10-25)26-11-7-4-8-12-26)32-19-17-27(18-20-32)31-30(33)22-24-13-15-28(16-14-24)36(2,34)35/h3-16,23,27,29H,17-22H2,1-2H3,(H,31,33). The fourth-order valence-electron chi connectivity index (χ4n) is 5.13. The molecular formula is C30H36N2O3S. The Morgan fingerprint density at radius 3 is 1.92 bits per heavy atom. The predicted octanol–water partition coefficient (Wildman–Crippen LogP) is 4.82. The quantitative estimate of drug-likeness (QED) is 0.454. The number of piperidine rings is 1. The van der Waals surface area contributed by atoms with Gasteiger partial charge in [-0.25, -0.2) is 8.42 Å². The van der Waals surface area contributed by atoms with E-state index < -0.39 is 9.84 Å². The molecule has 6 heteroatoms. The number of amides is 1. The maximum Gasteiger partial charge on any atom is 0.224 e. The number of nitrogens with one attached hydrogen (secondary N) is 1. The van der Waals surface area contributed by atoms with Crippen molar-refractivity contribution in [1.82, 2.24) is 10.2 Å². The Balaban J connectivity index is 1.29. The number of sulfone groups is 1. The van der Waals surface area contributed by atoms with Crippen LogP contribution in [0.15, 0.2) is 89.8 Å². The van der Waals surface area contributed by atoms with Crippen LogP contribution in [0, 0.1) is 0 Å². The van der Waals surface area contributed by atoms with E-state index in [4.69, 9.17) is 0 Å². The second kappa shape index (κ2) is 11.8. The summed E-state index contributed by atoms with van der Waals surface area (Å²) in [5.41, 5.74) is 3.52. The monoisotopic (exact) mass is 504 g/mol. The summed E-state index contributed by atoms with van der Waals surface area (Å²) in [4.78, 5) is 15.4. The van der Waals surface area contributed by atoms with Crippen LogP contribution in [-0.4, -0.2) is 50.7 Å². The molecule has 1 saturated heterocycles. The van der Waals surface area contributed by atoms with Gasteiger partial charge in [0.25, 0.3) is 0 Å². The molecule has 0 aromatic heterocycles. The van der Waals surface area contributed by atoms with Gasteiger partial charge in [0.05, 0.1) is 11.3 Å². The van der Waals surface area contributed by atoms with Crippen LogP contribution in [0.1, 0.15) is 48.8 Å². The summed E-state index contributed by atoms with van der Waals surface area (Å²) in [6, 6.07) is 28.7. The number of carbonyl (C=O) groups is 1. The lowest BCUT2D eigenvalue weighted by Crippen LogP contribution is -2.47. The number of benzene rings is 3. The lowest BCUT2D eigenvalue weighted by atomic mass is 9.85. The van der Waals surface area contributed by atoms with Crippen molar-refractivity contribution in [1.29, 1.82) is 0 Å². The number of nitrogens with zero attached hydrogens (tertiary/aromatic N) is 1. The Morgan fingerprint density at radius 2 is 1.42 bits per heavy atom. The molecule has 1 amide bonds. The molecule has 1 atom stereocenters. The molecule has 36 heavy (non-hydrogen) atoms. The molecule has 4 rings (SSSR count). The molecule has 3 aromatic carbocycles. The second-order valence-corrected chi connectivity index (χ2v) is 11.9. The van der Waals surface area contributed by atoms with Crippen molar-refractivity contribution in [3.05, 3.63) is 102 Å². The van der Waals surface area contributed by atoms with E-state index in [9.17, 15) is 13.2 Å². The predicted molar refractivity (Wildman–Crippen MR) is 145 cm³/mol. The number of likely N-dealkylation sites (tertiary alicyclic amines) is 1. The largest absolute Gasteiger partial charge is 0.353 e. The lowest BCUT2D eigenvalue weighted by molar-refractivity contribution is -0.121. The SMILES string of the molecule is CC(CC(c1ccccc1)c1ccccc1)N1CCC(NC(=O)Cc2ccc(S(C)(=O)=O)cc2)CC1. The molecule has 0 aliphatic carbocycles. The summed E-state index contributed by atoms with van der Waals surface area (Å²) < 4.78 is 23.2. The molecule has 0 spiro atoms. The van der Waals surface area contributed by atoms with Crippen molar-refractivity contribution in [3.63, 3.8) is 0 Å². The maximum atomic E-state index is 12.6. The van der Waals surface area contributed by atoms with Gasteiger partial charge in [-0.15, -0.1) is 0 Å². The molecule has 1 heterocycles. The lowest BCUT2D eigenvalue weighted by Gasteiger charge is -2.37. The van der Waals surface area contributed by atoms with E-state index in [1.165, 1.54) is 17.4 Å². The third-order valence-corrected chi connectivity index (χ3v) is 8.34. The van der Waals surface area contributed by atoms with E-state index in [-0.39, 0.29) is 23.3 Å². The molecule has 3 aromatic rings. The van der Waals surface area contributed by atoms with Crippen LogP contribution in [0.5, 0.6) is 0 Å². The van der Waals surface area contributed by atoms with E-state index in [0.29, 0.717) is 12.0 Å². The van der Waals surface area contributed by atoms with Gasteiger partial charge >= 0.3 is 0 Å². The van der Waals surface area contributed by atoms with Crippen LogP contribution in [-0.2, 0) is 21.1 Å². The first kappa shape index (κ1) is 26.1. The Hall–Kier alpha value is -2.96. The highest BCUT2D eigenvalue weighted by Crippen LogP contribution is 2.31. The third kappa shape index (κ3) is 7.05. The van der Waals surface area contributed by atoms with E-state index in [0.717, 1.165) is 37.9 Å². The smallest absolute Gasteiger partial charge is 0.224 e. The highest BCUT2D eigenvalue weighted by Gasteiger charge is 2.26. The molecule has 1 aliphatic heterocycles. The minimum atomic E-state index is -3.23. The number of hydrogen-bond donors (Lipinski definition) is 1. The minimum absolute atomic E-state index is 0.0122. The van der Waals surface area contributed by atoms with Crippen molar-refractivity contribution in [2.24, 2.45) is 0 Å². The number of rotatable bonds is 9. The van der Waals surface area contributed by atoms with Crippen molar-refractivity contribution in [2.45, 2.75) is 55.5 Å². The van der Waals surface area contributed by atoms with Crippen LogP contribution in [0.3, 0.4) is 0 Å². The molecule has 0 saturated carbocycles. The zero-order valence-corrected chi connectivity index (χ0v) is 22.0. The van der Waals surface area contributed by atoms with Gasteiger partial charge in [0.2, 0.25) is 5.91 Å². The molecule has 1 unspecified atom stereocenters. The van der Waals surface area contributed by atoms with Crippen LogP contribution in [0.2, 0.25) is 0 Å². The van der Waals surface area contributed by atoms with Gasteiger partial charge < -0.3 is 10.2 Å². The first-order valence-electron chi connectivity index (χ1n) is 12.7. The Kier molecular flexibility index (Phi) is 8.60. The normalized spacial score (nSPS) is 16.1. The highest BCUT2D eigenvalue weighted by atomic mass is 32.2. The zero-order valence-electron chi connectivity index (χ0n) is 21.1. The first-order valence-corrected chi connectivity index (χ1v) is 14.6. The summed E-state index contributed by atoms with van der Waals surface area (Å²) >= 11 is 0. The summed E-state index contributed by atoms with van der Waals surface area (Å²) in [6.45, 7) is 4.24. The van der Waals surface area contributed by atoms with Gasteiger partial charge in [-0.1, -0.05) is 72.8 Å². The van der Waals surface area contributed by atoms with E-state index in [1.54, 1.807) is 24.3 Å². The first-order chi connectivity index (χ1) is 17.3. The molecule has 5 nitrogen and oxygen atoms in total. The fourth-order valence-corrected chi connectivity index (χ4v) is 5.76. The third-order valence-electron chi connectivity index (χ3n) is 7.21. The Morgan fingerprint density at radius 1 is 0.889 bits per heavy atom. The van der Waals surface area contributed by atoms with Crippen molar-refractivity contribution >= 4 is 15.7 Å². The topological polar surface area (TPSA) is 66.5 Å². The minimum Gasteiger partial charge on any atom is -0.353 e. The fraction of sp³-hybridized carbons (Fsp3) is 0.367. The molecule has 190 valence electrons. The number of hydrogen-bond acceptors (Lipinski definition) is 4. The van der Waals surface area contributed by atoms with Gasteiger partial charge in [-0.05, 0) is 55.0 Å². The van der Waals surface area contributed by atoms with Crippen molar-refractivity contribution in [2.75, 3.05) is 19.3 Å². The van der Waals surface area contributed by atoms with Crippen LogP contribution in [0.4, 0.5) is 0 Å². The molecule has 1 aliphatic rings. The van der Waals surface area contributed by atoms with Gasteiger partial charge in [0.15, 0.2) is 9.84 Å². The van der Waals surface area contributed by atoms with Crippen LogP contribution in [0.25, 0.3) is 0 Å². The van der Waals surface area contributed by atoms with E-state index in [1.807, 2.05) is 0 Å². The summed E-state index contributed by atoms with van der Waals surface area (Å²) in [7, 11) is -3.23. The maximum absolute atomic E-state index is 12.6. The average molecular weight is 505 g/mol. The van der Waals surface area contributed by atoms with Crippen molar-refractivity contribution in [3.8, 4) is 0 Å². The van der Waals surface area contributed by atoms with Gasteiger partial charge in [0, 0.05) is 37.3 Å². The number of carbonyl (C=O) groups excluding carboxylic acids is 1. The van der Waals surface area contributed by atoms with Crippen molar-refractivity contribution < 1.29 is 13.2 Å². The second-order valence-electron chi connectivity index (χ2n) is 9.93. The molecule has 1 fully saturated rings. The van der Waals surface area contributed by atoms with Gasteiger partial charge in [0.1, 0.15) is 0 Å². The zero-order chi connectivity index (χ0) is 25.5. The Labute approximate surface area is 215 Å². The molecule has 0 radical (unpaired) electrons. The molecular weight excluding hydrogens is 468 g/mol. The highest BCUT2D eigenvalue weighted by molar-refractivity contribution is 7.90. The summed E-state index contributed by atoms with van der Waals surface area (Å²) in [6.07, 6.45) is 4.37. The van der Waals surface area contributed by atoms with E-state index in [2.05, 4.69) is 77.8 Å². The van der Waals surface area contributed by atoms with Gasteiger partial charge in [-0.2, -0.15) is 0 Å². The van der Waals surface area contributed by atoms with Crippen LogP contribution < -0.4 is 5.32 Å². The van der Waals surface area contributed by atoms with Crippen LogP contribution >= 0.6 is 0 Å². The Bertz CT molecular complexity index is 1180. The average Bonchev–Trinajstić information content (AvgIpc) is 2.88. The summed E-state index contributed by atoms with van der Waals surface area (Å²) in [5.74, 6) is 0.343.